The Morgan fingerprint density at radius 3 is 2.33 bits per heavy atom. The van der Waals surface area contributed by atoms with E-state index in [0.717, 1.165) is 5.56 Å². The molecule has 6 nitrogen and oxygen atoms in total. The third-order valence-corrected chi connectivity index (χ3v) is 6.64. The van der Waals surface area contributed by atoms with Gasteiger partial charge < -0.3 is 10.6 Å². The van der Waals surface area contributed by atoms with E-state index in [1.165, 1.54) is 4.31 Å². The van der Waals surface area contributed by atoms with Crippen molar-refractivity contribution in [1.82, 2.24) is 14.9 Å². The highest BCUT2D eigenvalue weighted by Crippen LogP contribution is 2.36. The zero-order valence-corrected chi connectivity index (χ0v) is 15.2. The maximum atomic E-state index is 12.9. The number of carbonyl (C=O) groups is 1. The fraction of sp³-hybridized carbons (Fsp3) is 0.588. The molecule has 0 radical (unpaired) electrons. The minimum Gasteiger partial charge on any atom is -0.354 e. The summed E-state index contributed by atoms with van der Waals surface area (Å²) in [5.74, 6) is 0.0807. The van der Waals surface area contributed by atoms with Crippen LogP contribution in [0.1, 0.15) is 25.3 Å². The van der Waals surface area contributed by atoms with Gasteiger partial charge in [-0.05, 0) is 32.4 Å². The van der Waals surface area contributed by atoms with Gasteiger partial charge in [0.2, 0.25) is 15.9 Å². The first-order chi connectivity index (χ1) is 11.5. The van der Waals surface area contributed by atoms with E-state index < -0.39 is 15.4 Å². The fourth-order valence-corrected chi connectivity index (χ4v) is 4.31. The number of nitrogens with zero attached hydrogens (tertiary/aromatic N) is 1. The first-order valence-corrected chi connectivity index (χ1v) is 10.0. The Bertz CT molecular complexity index is 638. The number of amides is 1. The molecular weight excluding hydrogens is 326 g/mol. The quantitative estimate of drug-likeness (QED) is 0.708. The van der Waals surface area contributed by atoms with Crippen molar-refractivity contribution in [3.63, 3.8) is 0 Å². The molecule has 1 heterocycles. The second-order valence-corrected chi connectivity index (χ2v) is 8.36. The molecule has 1 fully saturated rings. The van der Waals surface area contributed by atoms with Crippen LogP contribution in [0.15, 0.2) is 30.3 Å². The van der Waals surface area contributed by atoms with E-state index >= 15 is 0 Å². The Morgan fingerprint density at radius 2 is 1.79 bits per heavy atom. The first-order valence-electron chi connectivity index (χ1n) is 8.42. The van der Waals surface area contributed by atoms with Crippen molar-refractivity contribution in [1.29, 1.82) is 0 Å². The van der Waals surface area contributed by atoms with Gasteiger partial charge in [-0.25, -0.2) is 12.7 Å². The Kier molecular flexibility index (Phi) is 6.37. The van der Waals surface area contributed by atoms with Crippen molar-refractivity contribution >= 4 is 15.9 Å². The zero-order chi connectivity index (χ0) is 17.6. The Balaban J connectivity index is 2.22. The summed E-state index contributed by atoms with van der Waals surface area (Å²) in [7, 11) is -1.37. The molecule has 0 atom stereocenters. The van der Waals surface area contributed by atoms with Crippen LogP contribution in [0.2, 0.25) is 0 Å². The van der Waals surface area contributed by atoms with E-state index in [2.05, 4.69) is 10.6 Å². The van der Waals surface area contributed by atoms with Crippen LogP contribution < -0.4 is 10.6 Å². The molecule has 1 aromatic carbocycles. The Hall–Kier alpha value is -1.44. The lowest BCUT2D eigenvalue weighted by Gasteiger charge is -2.40. The highest BCUT2D eigenvalue weighted by atomic mass is 32.2. The number of nitrogens with one attached hydrogen (secondary N) is 2. The molecule has 0 spiro atoms. The van der Waals surface area contributed by atoms with Gasteiger partial charge in [-0.1, -0.05) is 30.3 Å². The van der Waals surface area contributed by atoms with Crippen LogP contribution in [0.3, 0.4) is 0 Å². The van der Waals surface area contributed by atoms with Gasteiger partial charge in [0.1, 0.15) is 0 Å². The van der Waals surface area contributed by atoms with Gasteiger partial charge in [0.25, 0.3) is 0 Å². The third-order valence-electron chi connectivity index (χ3n) is 4.76. The molecule has 0 saturated carbocycles. The number of rotatable bonds is 7. The lowest BCUT2D eigenvalue weighted by Crippen LogP contribution is -2.53. The van der Waals surface area contributed by atoms with Crippen molar-refractivity contribution in [3.05, 3.63) is 35.9 Å². The van der Waals surface area contributed by atoms with Crippen LogP contribution in [-0.4, -0.2) is 57.6 Å². The minimum atomic E-state index is -3.21. The van der Waals surface area contributed by atoms with E-state index in [4.69, 9.17) is 0 Å². The summed E-state index contributed by atoms with van der Waals surface area (Å²) >= 11 is 0. The van der Waals surface area contributed by atoms with Gasteiger partial charge in [-0.3, -0.25) is 4.79 Å². The summed E-state index contributed by atoms with van der Waals surface area (Å²) in [6, 6.07) is 9.69. The number of likely N-dealkylation sites (N-methyl/N-ethyl adjacent to an activating group) is 1. The standard InChI is InChI=1S/C17H27N3O3S/c1-3-24(22,23)20-13-9-17(10-14-20,15-7-5-4-6-8-15)16(21)19-12-11-18-2/h4-8,18H,3,9-14H2,1-2H3,(H,19,21). The molecule has 134 valence electrons. The summed E-state index contributed by atoms with van der Waals surface area (Å²) in [5, 5.41) is 6.00. The SMILES string of the molecule is CCS(=O)(=O)N1CCC(C(=O)NCCNC)(c2ccccc2)CC1. The van der Waals surface area contributed by atoms with Gasteiger partial charge in [0.15, 0.2) is 0 Å². The molecule has 2 rings (SSSR count). The summed E-state index contributed by atoms with van der Waals surface area (Å²) in [6.45, 7) is 3.67. The predicted molar refractivity (Wildman–Crippen MR) is 95.3 cm³/mol. The fourth-order valence-electron chi connectivity index (χ4n) is 3.20. The molecule has 2 N–H and O–H groups in total. The van der Waals surface area contributed by atoms with Gasteiger partial charge in [0.05, 0.1) is 11.2 Å². The molecule has 1 aliphatic heterocycles. The molecule has 0 bridgehead atoms. The van der Waals surface area contributed by atoms with Crippen molar-refractivity contribution in [2.75, 3.05) is 39.0 Å². The molecule has 0 aromatic heterocycles. The maximum Gasteiger partial charge on any atom is 0.230 e. The number of piperidine rings is 1. The van der Waals surface area contributed by atoms with E-state index in [-0.39, 0.29) is 11.7 Å². The van der Waals surface area contributed by atoms with Crippen LogP contribution in [0.4, 0.5) is 0 Å². The van der Waals surface area contributed by atoms with Gasteiger partial charge in [-0.2, -0.15) is 0 Å². The highest BCUT2D eigenvalue weighted by molar-refractivity contribution is 7.89. The molecule has 7 heteroatoms. The Morgan fingerprint density at radius 1 is 1.17 bits per heavy atom. The van der Waals surface area contributed by atoms with Crippen LogP contribution in [0.5, 0.6) is 0 Å². The average Bonchev–Trinajstić information content (AvgIpc) is 2.62. The second kappa shape index (κ2) is 8.09. The lowest BCUT2D eigenvalue weighted by atomic mass is 9.72. The van der Waals surface area contributed by atoms with Crippen molar-refractivity contribution in [2.24, 2.45) is 0 Å². The first kappa shape index (κ1) is 18.9. The summed E-state index contributed by atoms with van der Waals surface area (Å²) in [4.78, 5) is 12.9. The molecule has 1 aromatic rings. The van der Waals surface area contributed by atoms with E-state index in [0.29, 0.717) is 39.0 Å². The predicted octanol–water partition coefficient (Wildman–Crippen LogP) is 0.706. The number of hydrogen-bond acceptors (Lipinski definition) is 4. The topological polar surface area (TPSA) is 78.5 Å². The molecule has 1 aliphatic rings. The number of hydrogen-bond donors (Lipinski definition) is 2. The Labute approximate surface area is 144 Å². The van der Waals surface area contributed by atoms with Crippen molar-refractivity contribution < 1.29 is 13.2 Å². The van der Waals surface area contributed by atoms with Gasteiger partial charge in [0, 0.05) is 26.2 Å². The van der Waals surface area contributed by atoms with Crippen molar-refractivity contribution in [3.8, 4) is 0 Å². The molecular formula is C17H27N3O3S. The van der Waals surface area contributed by atoms with Crippen LogP contribution in [0, 0.1) is 0 Å². The molecule has 0 unspecified atom stereocenters. The van der Waals surface area contributed by atoms with E-state index in [1.807, 2.05) is 37.4 Å². The highest BCUT2D eigenvalue weighted by Gasteiger charge is 2.44. The normalized spacial score (nSPS) is 18.2. The van der Waals surface area contributed by atoms with Gasteiger partial charge in [-0.15, -0.1) is 0 Å². The minimum absolute atomic E-state index is 0.0162. The van der Waals surface area contributed by atoms with Crippen LogP contribution >= 0.6 is 0 Å². The molecule has 0 aliphatic carbocycles. The monoisotopic (exact) mass is 353 g/mol. The lowest BCUT2D eigenvalue weighted by molar-refractivity contribution is -0.128. The van der Waals surface area contributed by atoms with Crippen LogP contribution in [-0.2, 0) is 20.2 Å². The zero-order valence-electron chi connectivity index (χ0n) is 14.4. The number of carbonyl (C=O) groups excluding carboxylic acids is 1. The van der Waals surface area contributed by atoms with Crippen molar-refractivity contribution in [2.45, 2.75) is 25.2 Å². The molecule has 24 heavy (non-hydrogen) atoms. The third kappa shape index (κ3) is 3.96. The molecule has 1 saturated heterocycles. The van der Waals surface area contributed by atoms with E-state index in [1.54, 1.807) is 6.92 Å². The summed E-state index contributed by atoms with van der Waals surface area (Å²) < 4.78 is 25.7. The van der Waals surface area contributed by atoms with Gasteiger partial charge >= 0.3 is 0 Å². The largest absolute Gasteiger partial charge is 0.354 e. The number of benzene rings is 1. The number of sulfonamides is 1. The van der Waals surface area contributed by atoms with E-state index in [9.17, 15) is 13.2 Å². The second-order valence-electron chi connectivity index (χ2n) is 6.11. The molecule has 1 amide bonds. The summed E-state index contributed by atoms with van der Waals surface area (Å²) in [5.41, 5.74) is 0.301. The van der Waals surface area contributed by atoms with Crippen LogP contribution in [0.25, 0.3) is 0 Å². The summed E-state index contributed by atoms with van der Waals surface area (Å²) in [6.07, 6.45) is 1.00. The average molecular weight is 353 g/mol. The smallest absolute Gasteiger partial charge is 0.230 e. The maximum absolute atomic E-state index is 12.9.